The molecule has 90 valence electrons. The Balaban J connectivity index is 1.84. The largest absolute Gasteiger partial charge is 0.465 e. The van der Waals surface area contributed by atoms with Crippen LogP contribution >= 0.6 is 15.9 Å². The van der Waals surface area contributed by atoms with E-state index in [4.69, 9.17) is 13.9 Å². The van der Waals surface area contributed by atoms with Gasteiger partial charge in [0.25, 0.3) is 0 Å². The summed E-state index contributed by atoms with van der Waals surface area (Å²) in [5.41, 5.74) is 0.849. The Hall–Kier alpha value is -1.00. The van der Waals surface area contributed by atoms with Gasteiger partial charge in [0.15, 0.2) is 6.29 Å². The zero-order chi connectivity index (χ0) is 11.7. The maximum Gasteiger partial charge on any atom is 0.199 e. The van der Waals surface area contributed by atoms with E-state index >= 15 is 0 Å². The average Bonchev–Trinajstić information content (AvgIpc) is 2.79. The number of halogens is 1. The summed E-state index contributed by atoms with van der Waals surface area (Å²) in [7, 11) is 0. The van der Waals surface area contributed by atoms with E-state index in [9.17, 15) is 0 Å². The summed E-state index contributed by atoms with van der Waals surface area (Å²) in [6, 6.07) is 5.82. The van der Waals surface area contributed by atoms with E-state index in [1.54, 1.807) is 6.26 Å². The highest BCUT2D eigenvalue weighted by Gasteiger charge is 2.16. The monoisotopic (exact) mass is 296 g/mol. The van der Waals surface area contributed by atoms with E-state index < -0.39 is 0 Å². The number of furan rings is 1. The maximum absolute atomic E-state index is 5.82. The summed E-state index contributed by atoms with van der Waals surface area (Å²) < 4.78 is 17.6. The number of hydrogen-bond acceptors (Lipinski definition) is 3. The second kappa shape index (κ2) is 4.70. The van der Waals surface area contributed by atoms with Crippen LogP contribution in [0.1, 0.15) is 19.3 Å². The van der Waals surface area contributed by atoms with E-state index in [2.05, 4.69) is 15.9 Å². The van der Waals surface area contributed by atoms with Crippen LogP contribution in [-0.4, -0.2) is 12.9 Å². The standard InChI is InChI=1S/C13H13BrO3/c14-11-8-10(7-9-4-6-16-13(9)11)17-12-3-1-2-5-15-12/h4,6-8,12H,1-3,5H2. The van der Waals surface area contributed by atoms with Gasteiger partial charge in [-0.25, -0.2) is 0 Å². The summed E-state index contributed by atoms with van der Waals surface area (Å²) >= 11 is 3.48. The van der Waals surface area contributed by atoms with Gasteiger partial charge in [-0.3, -0.25) is 0 Å². The van der Waals surface area contributed by atoms with Gasteiger partial charge in [-0.05, 0) is 47.0 Å². The molecule has 1 aliphatic rings. The van der Waals surface area contributed by atoms with Crippen molar-refractivity contribution in [2.75, 3.05) is 6.61 Å². The number of benzene rings is 1. The summed E-state index contributed by atoms with van der Waals surface area (Å²) in [6.45, 7) is 0.791. The molecule has 4 heteroatoms. The van der Waals surface area contributed by atoms with Crippen molar-refractivity contribution in [2.45, 2.75) is 25.6 Å². The minimum Gasteiger partial charge on any atom is -0.465 e. The lowest BCUT2D eigenvalue weighted by Gasteiger charge is -2.23. The van der Waals surface area contributed by atoms with Gasteiger partial charge in [-0.2, -0.15) is 0 Å². The molecule has 17 heavy (non-hydrogen) atoms. The zero-order valence-corrected chi connectivity index (χ0v) is 10.9. The fourth-order valence-electron chi connectivity index (χ4n) is 2.04. The number of fused-ring (bicyclic) bond motifs is 1. The lowest BCUT2D eigenvalue weighted by molar-refractivity contribution is -0.105. The van der Waals surface area contributed by atoms with Crippen molar-refractivity contribution < 1.29 is 13.9 Å². The predicted octanol–water partition coefficient (Wildman–Crippen LogP) is 4.10. The topological polar surface area (TPSA) is 31.6 Å². The lowest BCUT2D eigenvalue weighted by Crippen LogP contribution is -2.24. The maximum atomic E-state index is 5.82. The van der Waals surface area contributed by atoms with Crippen LogP contribution < -0.4 is 4.74 Å². The summed E-state index contributed by atoms with van der Waals surface area (Å²) in [5, 5.41) is 1.03. The van der Waals surface area contributed by atoms with Crippen LogP contribution in [0.25, 0.3) is 11.0 Å². The Morgan fingerprint density at radius 3 is 3.06 bits per heavy atom. The van der Waals surface area contributed by atoms with Crippen molar-refractivity contribution in [3.8, 4) is 5.75 Å². The number of rotatable bonds is 2. The summed E-state index contributed by atoms with van der Waals surface area (Å²) in [6.07, 6.45) is 4.82. The SMILES string of the molecule is Brc1cc(OC2CCCCO2)cc2ccoc12. The smallest absolute Gasteiger partial charge is 0.199 e. The van der Waals surface area contributed by atoms with Crippen molar-refractivity contribution in [2.24, 2.45) is 0 Å². The molecule has 1 aromatic heterocycles. The third-order valence-corrected chi connectivity index (χ3v) is 3.47. The highest BCUT2D eigenvalue weighted by molar-refractivity contribution is 9.10. The van der Waals surface area contributed by atoms with Crippen LogP contribution in [0.2, 0.25) is 0 Å². The molecule has 0 bridgehead atoms. The number of ether oxygens (including phenoxy) is 2. The predicted molar refractivity (Wildman–Crippen MR) is 68.1 cm³/mol. The fraction of sp³-hybridized carbons (Fsp3) is 0.385. The first-order chi connectivity index (χ1) is 8.33. The molecule has 1 fully saturated rings. The molecule has 0 N–H and O–H groups in total. The molecule has 0 radical (unpaired) electrons. The van der Waals surface area contributed by atoms with Gasteiger partial charge in [-0.15, -0.1) is 0 Å². The second-order valence-corrected chi connectivity index (χ2v) is 5.01. The molecule has 0 aliphatic carbocycles. The molecular formula is C13H13BrO3. The molecule has 3 rings (SSSR count). The van der Waals surface area contributed by atoms with Crippen molar-refractivity contribution in [3.63, 3.8) is 0 Å². The molecule has 0 saturated carbocycles. The van der Waals surface area contributed by atoms with Crippen LogP contribution in [0.3, 0.4) is 0 Å². The van der Waals surface area contributed by atoms with E-state index in [1.165, 1.54) is 6.42 Å². The molecular weight excluding hydrogens is 284 g/mol. The van der Waals surface area contributed by atoms with Crippen LogP contribution in [0.4, 0.5) is 0 Å². The Kier molecular flexibility index (Phi) is 3.07. The van der Waals surface area contributed by atoms with Gasteiger partial charge in [-0.1, -0.05) is 0 Å². The molecule has 0 amide bonds. The average molecular weight is 297 g/mol. The van der Waals surface area contributed by atoms with Crippen LogP contribution in [-0.2, 0) is 4.74 Å². The van der Waals surface area contributed by atoms with Crippen molar-refractivity contribution >= 4 is 26.9 Å². The van der Waals surface area contributed by atoms with Crippen molar-refractivity contribution in [1.82, 2.24) is 0 Å². The van der Waals surface area contributed by atoms with E-state index in [1.807, 2.05) is 18.2 Å². The molecule has 1 aromatic carbocycles. The van der Waals surface area contributed by atoms with E-state index in [0.29, 0.717) is 0 Å². The Bertz CT molecular complexity index is 514. The van der Waals surface area contributed by atoms with Crippen LogP contribution in [0.15, 0.2) is 33.4 Å². The summed E-state index contributed by atoms with van der Waals surface area (Å²) in [4.78, 5) is 0. The van der Waals surface area contributed by atoms with Crippen LogP contribution in [0.5, 0.6) is 5.75 Å². The molecule has 3 nitrogen and oxygen atoms in total. The Morgan fingerprint density at radius 1 is 1.29 bits per heavy atom. The van der Waals surface area contributed by atoms with Gasteiger partial charge in [0.2, 0.25) is 0 Å². The van der Waals surface area contributed by atoms with Gasteiger partial charge < -0.3 is 13.9 Å². The summed E-state index contributed by atoms with van der Waals surface area (Å²) in [5.74, 6) is 0.817. The normalized spacial score (nSPS) is 20.6. The third kappa shape index (κ3) is 2.33. The zero-order valence-electron chi connectivity index (χ0n) is 9.32. The molecule has 1 saturated heterocycles. The van der Waals surface area contributed by atoms with Crippen molar-refractivity contribution in [3.05, 3.63) is 28.9 Å². The quantitative estimate of drug-likeness (QED) is 0.836. The molecule has 1 aliphatic heterocycles. The molecule has 2 heterocycles. The minimum atomic E-state index is -0.111. The Labute approximate surface area is 108 Å². The molecule has 1 unspecified atom stereocenters. The molecule has 2 aromatic rings. The van der Waals surface area contributed by atoms with Gasteiger partial charge in [0, 0.05) is 11.8 Å². The first kappa shape index (κ1) is 11.1. The second-order valence-electron chi connectivity index (χ2n) is 4.16. The molecule has 1 atom stereocenters. The van der Waals surface area contributed by atoms with E-state index in [-0.39, 0.29) is 6.29 Å². The highest BCUT2D eigenvalue weighted by atomic mass is 79.9. The van der Waals surface area contributed by atoms with Gasteiger partial charge in [0.1, 0.15) is 11.3 Å². The first-order valence-corrected chi connectivity index (χ1v) is 6.57. The highest BCUT2D eigenvalue weighted by Crippen LogP contribution is 2.31. The van der Waals surface area contributed by atoms with Gasteiger partial charge >= 0.3 is 0 Å². The van der Waals surface area contributed by atoms with E-state index in [0.717, 1.165) is 40.6 Å². The molecule has 0 spiro atoms. The van der Waals surface area contributed by atoms with Crippen molar-refractivity contribution in [1.29, 1.82) is 0 Å². The number of hydrogen-bond donors (Lipinski definition) is 0. The minimum absolute atomic E-state index is 0.111. The lowest BCUT2D eigenvalue weighted by atomic mass is 10.2. The first-order valence-electron chi connectivity index (χ1n) is 5.78. The van der Waals surface area contributed by atoms with Gasteiger partial charge in [0.05, 0.1) is 17.3 Å². The fourth-order valence-corrected chi connectivity index (χ4v) is 2.58. The van der Waals surface area contributed by atoms with Crippen LogP contribution in [0, 0.1) is 0 Å². The third-order valence-electron chi connectivity index (χ3n) is 2.88. The Morgan fingerprint density at radius 2 is 2.24 bits per heavy atom.